The van der Waals surface area contributed by atoms with Gasteiger partial charge in [-0.15, -0.1) is 0 Å². The number of nitrogens with zero attached hydrogens (tertiary/aromatic N) is 2. The van der Waals surface area contributed by atoms with Gasteiger partial charge in [0.25, 0.3) is 0 Å². The molecular weight excluding hydrogens is 359 g/mol. The first-order chi connectivity index (χ1) is 12.1. The molecule has 0 radical (unpaired) electrons. The zero-order valence-electron chi connectivity index (χ0n) is 13.6. The molecule has 0 aliphatic carbocycles. The van der Waals surface area contributed by atoms with Crippen LogP contribution in [0.3, 0.4) is 0 Å². The maximum atomic E-state index is 12.3. The van der Waals surface area contributed by atoms with E-state index in [9.17, 15) is 4.79 Å². The minimum absolute atomic E-state index is 0.0671. The molecule has 2 aromatic carbocycles. The summed E-state index contributed by atoms with van der Waals surface area (Å²) in [5.41, 5.74) is 0.996. The fourth-order valence-electron chi connectivity index (χ4n) is 2.28. The van der Waals surface area contributed by atoms with Gasteiger partial charge in [0.1, 0.15) is 12.3 Å². The summed E-state index contributed by atoms with van der Waals surface area (Å²) < 4.78 is 5.57. The third-order valence-electron chi connectivity index (χ3n) is 3.52. The topological polar surface area (TPSA) is 53.3 Å². The monoisotopic (exact) mass is 376 g/mol. The van der Waals surface area contributed by atoms with Crippen molar-refractivity contribution in [2.45, 2.75) is 19.4 Å². The molecule has 0 unspecified atom stereocenters. The van der Waals surface area contributed by atoms with E-state index in [1.54, 1.807) is 23.1 Å². The summed E-state index contributed by atoms with van der Waals surface area (Å²) in [6, 6.07) is 16.7. The zero-order valence-corrected chi connectivity index (χ0v) is 15.1. The van der Waals surface area contributed by atoms with E-state index in [1.807, 2.05) is 36.4 Å². The molecule has 0 spiro atoms. The van der Waals surface area contributed by atoms with E-state index in [0.717, 1.165) is 5.56 Å². The predicted molar refractivity (Wildman–Crippen MR) is 98.7 cm³/mol. The maximum Gasteiger partial charge on any atom is 0.223 e. The Balaban J connectivity index is 1.81. The van der Waals surface area contributed by atoms with Crippen LogP contribution in [0.4, 0.5) is 0 Å². The lowest BCUT2D eigenvalue weighted by Gasteiger charge is -2.19. The van der Waals surface area contributed by atoms with E-state index in [-0.39, 0.29) is 12.5 Å². The number of benzene rings is 2. The molecule has 0 N–H and O–H groups in total. The lowest BCUT2D eigenvalue weighted by Crippen LogP contribution is -2.31. The fourth-order valence-corrected chi connectivity index (χ4v) is 2.74. The summed E-state index contributed by atoms with van der Waals surface area (Å²) in [4.78, 5) is 13.9. The van der Waals surface area contributed by atoms with Crippen LogP contribution >= 0.6 is 23.2 Å². The molecule has 25 heavy (non-hydrogen) atoms. The maximum absolute atomic E-state index is 12.3. The van der Waals surface area contributed by atoms with Crippen molar-refractivity contribution in [1.29, 1.82) is 5.26 Å². The van der Waals surface area contributed by atoms with Crippen molar-refractivity contribution < 1.29 is 9.53 Å². The second-order valence-electron chi connectivity index (χ2n) is 5.42. The average molecular weight is 377 g/mol. The molecule has 0 heterocycles. The highest BCUT2D eigenvalue weighted by molar-refractivity contribution is 6.35. The van der Waals surface area contributed by atoms with Gasteiger partial charge >= 0.3 is 0 Å². The fraction of sp³-hybridized carbons (Fsp3) is 0.263. The van der Waals surface area contributed by atoms with E-state index in [2.05, 4.69) is 0 Å². The highest BCUT2D eigenvalue weighted by Crippen LogP contribution is 2.27. The van der Waals surface area contributed by atoms with Crippen LogP contribution in [0.1, 0.15) is 18.4 Å². The first-order valence-electron chi connectivity index (χ1n) is 7.86. The first-order valence-corrected chi connectivity index (χ1v) is 8.62. The lowest BCUT2D eigenvalue weighted by molar-refractivity contribution is -0.131. The first kappa shape index (κ1) is 19.1. The third kappa shape index (κ3) is 6.30. The van der Waals surface area contributed by atoms with Crippen LogP contribution in [-0.4, -0.2) is 24.0 Å². The molecule has 0 fully saturated rings. The normalized spacial score (nSPS) is 10.1. The van der Waals surface area contributed by atoms with Gasteiger partial charge in [-0.2, -0.15) is 5.26 Å². The Labute approximate surface area is 157 Å². The van der Waals surface area contributed by atoms with Gasteiger partial charge in [-0.1, -0.05) is 53.5 Å². The number of hydrogen-bond donors (Lipinski definition) is 0. The van der Waals surface area contributed by atoms with E-state index in [1.165, 1.54) is 0 Å². The Bertz CT molecular complexity index is 745. The summed E-state index contributed by atoms with van der Waals surface area (Å²) in [6.07, 6.45) is 0.841. The van der Waals surface area contributed by atoms with E-state index >= 15 is 0 Å². The summed E-state index contributed by atoms with van der Waals surface area (Å²) >= 11 is 11.9. The summed E-state index contributed by atoms with van der Waals surface area (Å²) in [5, 5.41) is 9.92. The van der Waals surface area contributed by atoms with Crippen LogP contribution in [0.25, 0.3) is 0 Å². The van der Waals surface area contributed by atoms with Crippen LogP contribution in [0, 0.1) is 11.3 Å². The van der Waals surface area contributed by atoms with Crippen molar-refractivity contribution in [2.24, 2.45) is 0 Å². The second kappa shape index (κ2) is 9.93. The highest BCUT2D eigenvalue weighted by Gasteiger charge is 2.13. The Morgan fingerprint density at radius 1 is 1.16 bits per heavy atom. The number of hydrogen-bond acceptors (Lipinski definition) is 3. The molecule has 1 amide bonds. The number of amides is 1. The van der Waals surface area contributed by atoms with E-state index < -0.39 is 0 Å². The van der Waals surface area contributed by atoms with Gasteiger partial charge in [0.15, 0.2) is 0 Å². The van der Waals surface area contributed by atoms with Crippen molar-refractivity contribution in [3.8, 4) is 11.8 Å². The molecule has 2 aromatic rings. The number of ether oxygens (including phenoxy) is 1. The number of carbonyl (C=O) groups is 1. The van der Waals surface area contributed by atoms with Gasteiger partial charge in [-0.25, -0.2) is 0 Å². The summed E-state index contributed by atoms with van der Waals surface area (Å²) in [6.45, 7) is 0.855. The Morgan fingerprint density at radius 2 is 1.92 bits per heavy atom. The number of halogens is 2. The lowest BCUT2D eigenvalue weighted by atomic mass is 10.2. The molecule has 0 saturated heterocycles. The van der Waals surface area contributed by atoms with E-state index in [0.29, 0.717) is 41.8 Å². The molecule has 0 saturated carbocycles. The molecule has 130 valence electrons. The van der Waals surface area contributed by atoms with E-state index in [4.69, 9.17) is 33.2 Å². The largest absolute Gasteiger partial charge is 0.492 e. The number of rotatable bonds is 8. The van der Waals surface area contributed by atoms with Gasteiger partial charge in [-0.3, -0.25) is 4.79 Å². The van der Waals surface area contributed by atoms with Crippen LogP contribution in [0.15, 0.2) is 48.5 Å². The van der Waals surface area contributed by atoms with Crippen LogP contribution in [0.2, 0.25) is 10.0 Å². The summed E-state index contributed by atoms with van der Waals surface area (Å²) in [5.74, 6) is 0.466. The minimum atomic E-state index is -0.0730. The van der Waals surface area contributed by atoms with Crippen LogP contribution in [-0.2, 0) is 11.3 Å². The van der Waals surface area contributed by atoms with Crippen molar-refractivity contribution in [3.05, 3.63) is 64.1 Å². The molecular formula is C19H18Cl2N2O2. The summed E-state index contributed by atoms with van der Waals surface area (Å²) in [7, 11) is 0. The zero-order chi connectivity index (χ0) is 18.1. The Morgan fingerprint density at radius 3 is 2.60 bits per heavy atom. The van der Waals surface area contributed by atoms with Gasteiger partial charge in [0, 0.05) is 18.0 Å². The quantitative estimate of drug-likeness (QED) is 0.495. The van der Waals surface area contributed by atoms with Crippen LogP contribution in [0.5, 0.6) is 5.75 Å². The number of carbonyl (C=O) groups excluding carboxylic acids is 1. The molecule has 2 rings (SSSR count). The van der Waals surface area contributed by atoms with Crippen molar-refractivity contribution >= 4 is 29.1 Å². The molecule has 0 aliphatic heterocycles. The van der Waals surface area contributed by atoms with Gasteiger partial charge in [-0.05, 0) is 30.2 Å². The molecule has 0 aliphatic rings. The van der Waals surface area contributed by atoms with Crippen LogP contribution < -0.4 is 4.74 Å². The van der Waals surface area contributed by atoms with Crippen molar-refractivity contribution in [3.63, 3.8) is 0 Å². The molecule has 4 nitrogen and oxygen atoms in total. The minimum Gasteiger partial charge on any atom is -0.492 e. The Kier molecular flexibility index (Phi) is 7.59. The van der Waals surface area contributed by atoms with Gasteiger partial charge in [0.05, 0.1) is 17.7 Å². The van der Waals surface area contributed by atoms with Crippen molar-refractivity contribution in [1.82, 2.24) is 4.90 Å². The average Bonchev–Trinajstić information content (AvgIpc) is 2.60. The van der Waals surface area contributed by atoms with Crippen molar-refractivity contribution in [2.75, 3.05) is 13.2 Å². The molecule has 0 aromatic heterocycles. The molecule has 0 atom stereocenters. The molecule has 6 heteroatoms. The molecule has 0 bridgehead atoms. The Hall–Kier alpha value is -2.22. The highest BCUT2D eigenvalue weighted by atomic mass is 35.5. The predicted octanol–water partition coefficient (Wildman–Crippen LogP) is 4.70. The van der Waals surface area contributed by atoms with Gasteiger partial charge < -0.3 is 9.64 Å². The second-order valence-corrected chi connectivity index (χ2v) is 6.26. The number of nitriles is 1. The van der Waals surface area contributed by atoms with Gasteiger partial charge in [0.2, 0.25) is 5.91 Å². The smallest absolute Gasteiger partial charge is 0.223 e. The standard InChI is InChI=1S/C19H18Cl2N2O2/c20-16-8-9-18(17(21)13-16)25-12-4-7-19(24)23(11-10-22)14-15-5-2-1-3-6-15/h1-3,5-6,8-9,13H,4,7,11-12,14H2. The SMILES string of the molecule is N#CCN(Cc1ccccc1)C(=O)CCCOc1ccc(Cl)cc1Cl. The third-order valence-corrected chi connectivity index (χ3v) is 4.05.